The van der Waals surface area contributed by atoms with Crippen LogP contribution in [0.4, 0.5) is 0 Å². The molecule has 0 spiro atoms. The van der Waals surface area contributed by atoms with Crippen molar-refractivity contribution in [2.75, 3.05) is 0 Å². The first-order valence-corrected chi connectivity index (χ1v) is 6.04. The van der Waals surface area contributed by atoms with Crippen LogP contribution >= 0.6 is 0 Å². The summed E-state index contributed by atoms with van der Waals surface area (Å²) in [6.07, 6.45) is 3.56. The number of benzene rings is 2. The lowest BCUT2D eigenvalue weighted by atomic mass is 10.0. The van der Waals surface area contributed by atoms with Crippen LogP contribution in [0, 0.1) is 0 Å². The summed E-state index contributed by atoms with van der Waals surface area (Å²) in [5.41, 5.74) is 5.10. The van der Waals surface area contributed by atoms with E-state index in [-0.39, 0.29) is 6.10 Å². The maximum atomic E-state index is 5.72. The second kappa shape index (κ2) is 6.62. The molecule has 0 unspecified atom stereocenters. The number of hydrogen-bond donors (Lipinski definition) is 1. The lowest BCUT2D eigenvalue weighted by Gasteiger charge is -2.17. The van der Waals surface area contributed by atoms with E-state index in [9.17, 15) is 0 Å². The van der Waals surface area contributed by atoms with E-state index in [0.29, 0.717) is 0 Å². The molecule has 0 bridgehead atoms. The molecule has 92 valence electrons. The highest BCUT2D eigenvalue weighted by atomic mass is 16.7. The first kappa shape index (κ1) is 12.4. The van der Waals surface area contributed by atoms with Crippen LogP contribution < -0.4 is 5.48 Å². The zero-order chi connectivity index (χ0) is 12.6. The van der Waals surface area contributed by atoms with Crippen molar-refractivity contribution in [3.63, 3.8) is 0 Å². The summed E-state index contributed by atoms with van der Waals surface area (Å²) < 4.78 is 0. The Morgan fingerprint density at radius 2 is 1.39 bits per heavy atom. The van der Waals surface area contributed by atoms with Crippen LogP contribution in [-0.2, 0) is 4.84 Å². The van der Waals surface area contributed by atoms with Crippen LogP contribution in [-0.4, -0.2) is 0 Å². The Hall–Kier alpha value is -2.06. The molecule has 2 aromatic rings. The zero-order valence-electron chi connectivity index (χ0n) is 10.4. The Morgan fingerprint density at radius 3 is 1.83 bits per heavy atom. The smallest absolute Gasteiger partial charge is 0.135 e. The van der Waals surface area contributed by atoms with Gasteiger partial charge in [-0.3, -0.25) is 10.3 Å². The number of allylic oxidation sites excluding steroid dienone is 1. The van der Waals surface area contributed by atoms with Gasteiger partial charge in [0.25, 0.3) is 0 Å². The normalized spacial score (nSPS) is 11.0. The van der Waals surface area contributed by atoms with Crippen molar-refractivity contribution in [1.29, 1.82) is 0 Å². The quantitative estimate of drug-likeness (QED) is 0.801. The van der Waals surface area contributed by atoms with Crippen molar-refractivity contribution < 1.29 is 4.84 Å². The Balaban J connectivity index is 2.23. The first-order chi connectivity index (χ1) is 8.92. The molecule has 0 atom stereocenters. The fourth-order valence-electron chi connectivity index (χ4n) is 1.76. The van der Waals surface area contributed by atoms with Crippen LogP contribution in [0.15, 0.2) is 72.9 Å². The molecule has 0 amide bonds. The molecule has 2 nitrogen and oxygen atoms in total. The predicted molar refractivity (Wildman–Crippen MR) is 73.8 cm³/mol. The highest BCUT2D eigenvalue weighted by molar-refractivity contribution is 5.29. The minimum absolute atomic E-state index is 0.108. The second-order valence-electron chi connectivity index (χ2n) is 3.94. The van der Waals surface area contributed by atoms with Gasteiger partial charge in [-0.2, -0.15) is 0 Å². The zero-order valence-corrected chi connectivity index (χ0v) is 10.4. The molecule has 0 aliphatic heterocycles. The van der Waals surface area contributed by atoms with Crippen LogP contribution in [0.25, 0.3) is 0 Å². The molecule has 1 N–H and O–H groups in total. The Kier molecular flexibility index (Phi) is 4.56. The summed E-state index contributed by atoms with van der Waals surface area (Å²) in [5, 5.41) is 0. The van der Waals surface area contributed by atoms with E-state index in [0.717, 1.165) is 11.1 Å². The Labute approximate surface area is 108 Å². The highest BCUT2D eigenvalue weighted by Crippen LogP contribution is 2.24. The van der Waals surface area contributed by atoms with Crippen molar-refractivity contribution in [1.82, 2.24) is 5.48 Å². The summed E-state index contributed by atoms with van der Waals surface area (Å²) in [7, 11) is 0. The highest BCUT2D eigenvalue weighted by Gasteiger charge is 2.13. The van der Waals surface area contributed by atoms with E-state index in [2.05, 4.69) is 29.7 Å². The van der Waals surface area contributed by atoms with Gasteiger partial charge in [0.15, 0.2) is 0 Å². The molecular formula is C16H17NO. The van der Waals surface area contributed by atoms with Crippen LogP contribution in [0.1, 0.15) is 24.2 Å². The lowest BCUT2D eigenvalue weighted by Crippen LogP contribution is -2.14. The minimum atomic E-state index is -0.108. The summed E-state index contributed by atoms with van der Waals surface area (Å²) >= 11 is 0. The third kappa shape index (κ3) is 3.22. The fraction of sp³-hybridized carbons (Fsp3) is 0.125. The van der Waals surface area contributed by atoms with E-state index >= 15 is 0 Å². The van der Waals surface area contributed by atoms with Gasteiger partial charge in [-0.1, -0.05) is 66.7 Å². The standard InChI is InChI=1S/C16H17NO/c1-2-13-17-18-16(14-9-5-3-6-10-14)15-11-7-4-8-12-15/h2-13,16-17H,1H3. The maximum Gasteiger partial charge on any atom is 0.135 e. The van der Waals surface area contributed by atoms with Gasteiger partial charge in [-0.05, 0) is 18.1 Å². The van der Waals surface area contributed by atoms with E-state index in [4.69, 9.17) is 4.84 Å². The summed E-state index contributed by atoms with van der Waals surface area (Å²) in [5.74, 6) is 0. The SMILES string of the molecule is CC=CNOC(c1ccccc1)c1ccccc1. The van der Waals surface area contributed by atoms with E-state index < -0.39 is 0 Å². The molecule has 0 radical (unpaired) electrons. The van der Waals surface area contributed by atoms with E-state index in [1.54, 1.807) is 6.20 Å². The van der Waals surface area contributed by atoms with E-state index in [1.807, 2.05) is 49.4 Å². The lowest BCUT2D eigenvalue weighted by molar-refractivity contribution is 0.0214. The van der Waals surface area contributed by atoms with Gasteiger partial charge >= 0.3 is 0 Å². The Morgan fingerprint density at radius 1 is 0.889 bits per heavy atom. The average molecular weight is 239 g/mol. The minimum Gasteiger partial charge on any atom is -0.274 e. The van der Waals surface area contributed by atoms with Gasteiger partial charge in [0.2, 0.25) is 0 Å². The van der Waals surface area contributed by atoms with Crippen molar-refractivity contribution in [3.8, 4) is 0 Å². The molecule has 0 heterocycles. The molecule has 0 aliphatic rings. The van der Waals surface area contributed by atoms with Gasteiger partial charge in [0, 0.05) is 6.20 Å². The topological polar surface area (TPSA) is 21.3 Å². The molecule has 2 heteroatoms. The van der Waals surface area contributed by atoms with Crippen molar-refractivity contribution in [3.05, 3.63) is 84.1 Å². The van der Waals surface area contributed by atoms with Crippen LogP contribution in [0.5, 0.6) is 0 Å². The second-order valence-corrected chi connectivity index (χ2v) is 3.94. The first-order valence-electron chi connectivity index (χ1n) is 6.04. The predicted octanol–water partition coefficient (Wildman–Crippen LogP) is 3.83. The average Bonchev–Trinajstić information content (AvgIpc) is 2.46. The van der Waals surface area contributed by atoms with Gasteiger partial charge in [-0.15, -0.1) is 0 Å². The number of hydrogen-bond acceptors (Lipinski definition) is 2. The fourth-order valence-corrected chi connectivity index (χ4v) is 1.76. The maximum absolute atomic E-state index is 5.72. The summed E-state index contributed by atoms with van der Waals surface area (Å²) in [6.45, 7) is 1.94. The molecule has 18 heavy (non-hydrogen) atoms. The van der Waals surface area contributed by atoms with Gasteiger partial charge in [-0.25, -0.2) is 0 Å². The van der Waals surface area contributed by atoms with Crippen molar-refractivity contribution in [2.45, 2.75) is 13.0 Å². The summed E-state index contributed by atoms with van der Waals surface area (Å²) in [6, 6.07) is 20.3. The van der Waals surface area contributed by atoms with Crippen molar-refractivity contribution >= 4 is 0 Å². The molecule has 2 aromatic carbocycles. The molecule has 0 aliphatic carbocycles. The monoisotopic (exact) mass is 239 g/mol. The molecule has 0 saturated heterocycles. The summed E-state index contributed by atoms with van der Waals surface area (Å²) in [4.78, 5) is 5.72. The largest absolute Gasteiger partial charge is 0.274 e. The Bertz CT molecular complexity index is 439. The van der Waals surface area contributed by atoms with Gasteiger partial charge in [0.1, 0.15) is 6.10 Å². The van der Waals surface area contributed by atoms with Gasteiger partial charge in [0.05, 0.1) is 0 Å². The molecular weight excluding hydrogens is 222 g/mol. The van der Waals surface area contributed by atoms with Gasteiger partial charge < -0.3 is 0 Å². The number of nitrogens with one attached hydrogen (secondary N) is 1. The van der Waals surface area contributed by atoms with Crippen molar-refractivity contribution in [2.24, 2.45) is 0 Å². The molecule has 0 fully saturated rings. The van der Waals surface area contributed by atoms with Crippen LogP contribution in [0.2, 0.25) is 0 Å². The third-order valence-corrected chi connectivity index (χ3v) is 2.63. The van der Waals surface area contributed by atoms with E-state index in [1.165, 1.54) is 0 Å². The van der Waals surface area contributed by atoms with Crippen LogP contribution in [0.3, 0.4) is 0 Å². The molecule has 0 aromatic heterocycles. The molecule has 2 rings (SSSR count). The third-order valence-electron chi connectivity index (χ3n) is 2.63. The molecule has 0 saturated carbocycles. The number of hydroxylamine groups is 1. The number of rotatable bonds is 5.